The van der Waals surface area contributed by atoms with E-state index in [1.165, 1.54) is 6.07 Å². The van der Waals surface area contributed by atoms with Crippen LogP contribution in [0.5, 0.6) is 0 Å². The molecule has 3 nitrogen and oxygen atoms in total. The minimum absolute atomic E-state index is 0. The molecule has 1 aliphatic heterocycles. The van der Waals surface area contributed by atoms with Crippen LogP contribution in [0.25, 0.3) is 0 Å². The summed E-state index contributed by atoms with van der Waals surface area (Å²) in [6, 6.07) is 4.07. The Morgan fingerprint density at radius 1 is 1.37 bits per heavy atom. The first-order chi connectivity index (χ1) is 8.39. The van der Waals surface area contributed by atoms with Crippen LogP contribution < -0.4 is 5.32 Å². The molecule has 1 fully saturated rings. The highest BCUT2D eigenvalue weighted by Crippen LogP contribution is 2.34. The third-order valence-electron chi connectivity index (χ3n) is 3.13. The highest BCUT2D eigenvalue weighted by atomic mass is 35.5. The normalized spacial score (nSPS) is 22.9. The van der Waals surface area contributed by atoms with E-state index in [-0.39, 0.29) is 12.4 Å². The first kappa shape index (κ1) is 15.8. The van der Waals surface area contributed by atoms with Crippen LogP contribution in [0.3, 0.4) is 0 Å². The summed E-state index contributed by atoms with van der Waals surface area (Å²) in [6.07, 6.45) is -3.88. The van der Waals surface area contributed by atoms with E-state index in [0.29, 0.717) is 18.5 Å². The van der Waals surface area contributed by atoms with Crippen molar-refractivity contribution in [3.8, 4) is 0 Å². The van der Waals surface area contributed by atoms with Crippen LogP contribution >= 0.6 is 12.4 Å². The Balaban J connectivity index is 0.00000180. The summed E-state index contributed by atoms with van der Waals surface area (Å²) in [5, 5.41) is 11.8. The van der Waals surface area contributed by atoms with Crippen LogP contribution in [-0.4, -0.2) is 23.7 Å². The summed E-state index contributed by atoms with van der Waals surface area (Å²) in [4.78, 5) is 11.0. The topological polar surface area (TPSA) is 49.3 Å². The molecule has 1 aliphatic rings. The highest BCUT2D eigenvalue weighted by Gasteiger charge is 2.36. The van der Waals surface area contributed by atoms with Crippen LogP contribution in [0.2, 0.25) is 0 Å². The maximum atomic E-state index is 12.6. The lowest BCUT2D eigenvalue weighted by Crippen LogP contribution is -2.34. The van der Waals surface area contributed by atoms with E-state index in [2.05, 4.69) is 5.32 Å². The number of carboxylic acids is 1. The third kappa shape index (κ3) is 3.39. The zero-order valence-electron chi connectivity index (χ0n) is 9.78. The van der Waals surface area contributed by atoms with E-state index in [4.69, 9.17) is 5.11 Å². The monoisotopic (exact) mass is 295 g/mol. The Kier molecular flexibility index (Phi) is 4.81. The van der Waals surface area contributed by atoms with Gasteiger partial charge in [0.15, 0.2) is 0 Å². The van der Waals surface area contributed by atoms with E-state index >= 15 is 0 Å². The van der Waals surface area contributed by atoms with E-state index < -0.39 is 29.7 Å². The Bertz CT molecular complexity index is 465. The second-order valence-corrected chi connectivity index (χ2v) is 4.29. The molecule has 0 saturated carbocycles. The molecular formula is C12H13ClF3NO2. The van der Waals surface area contributed by atoms with Crippen molar-refractivity contribution in [3.05, 3.63) is 35.4 Å². The Morgan fingerprint density at radius 3 is 2.63 bits per heavy atom. The van der Waals surface area contributed by atoms with E-state index in [1.807, 2.05) is 0 Å². The average Bonchev–Trinajstić information content (AvgIpc) is 2.77. The Labute approximate surface area is 114 Å². The minimum Gasteiger partial charge on any atom is -0.480 e. The van der Waals surface area contributed by atoms with Gasteiger partial charge in [0.1, 0.15) is 6.04 Å². The number of carbonyl (C=O) groups is 1. The van der Waals surface area contributed by atoms with Crippen molar-refractivity contribution in [1.82, 2.24) is 5.32 Å². The molecule has 0 aromatic heterocycles. The zero-order valence-corrected chi connectivity index (χ0v) is 10.6. The van der Waals surface area contributed by atoms with E-state index in [1.54, 1.807) is 6.07 Å². The number of hydrogen-bond donors (Lipinski definition) is 2. The van der Waals surface area contributed by atoms with Crippen molar-refractivity contribution in [1.29, 1.82) is 0 Å². The smallest absolute Gasteiger partial charge is 0.416 e. The molecule has 19 heavy (non-hydrogen) atoms. The van der Waals surface area contributed by atoms with Crippen molar-refractivity contribution in [2.24, 2.45) is 0 Å². The molecule has 0 spiro atoms. The van der Waals surface area contributed by atoms with Crippen LogP contribution in [-0.2, 0) is 11.0 Å². The van der Waals surface area contributed by atoms with Crippen LogP contribution in [0.4, 0.5) is 13.2 Å². The molecule has 2 atom stereocenters. The molecule has 7 heteroatoms. The summed E-state index contributed by atoms with van der Waals surface area (Å²) in [5.41, 5.74) is -0.321. The Morgan fingerprint density at radius 2 is 2.05 bits per heavy atom. The van der Waals surface area contributed by atoms with Gasteiger partial charge in [-0.15, -0.1) is 12.4 Å². The lowest BCUT2D eigenvalue weighted by Gasteiger charge is -2.17. The van der Waals surface area contributed by atoms with Crippen LogP contribution in [0.1, 0.15) is 23.5 Å². The van der Waals surface area contributed by atoms with Gasteiger partial charge in [-0.3, -0.25) is 4.79 Å². The average molecular weight is 296 g/mol. The number of halogens is 4. The van der Waals surface area contributed by atoms with Crippen molar-refractivity contribution >= 4 is 18.4 Å². The standard InChI is InChI=1S/C12H12F3NO2.ClH/c13-12(14,15)8-3-1-2-7(6-8)9-4-5-16-10(9)11(17)18;/h1-3,6,9-10,16H,4-5H2,(H,17,18);1H/t9-,10+;/m1./s1. The molecule has 1 saturated heterocycles. The third-order valence-corrected chi connectivity index (χ3v) is 3.13. The number of hydrogen-bond acceptors (Lipinski definition) is 2. The molecule has 0 amide bonds. The summed E-state index contributed by atoms with van der Waals surface area (Å²) in [7, 11) is 0. The molecular weight excluding hydrogens is 283 g/mol. The molecule has 106 valence electrons. The number of rotatable bonds is 2. The molecule has 0 bridgehead atoms. The molecule has 0 radical (unpaired) electrons. The lowest BCUT2D eigenvalue weighted by molar-refractivity contribution is -0.139. The van der Waals surface area contributed by atoms with Gasteiger partial charge in [0.05, 0.1) is 5.56 Å². The fraction of sp³-hybridized carbons (Fsp3) is 0.417. The number of carboxylic acid groups (broad SMARTS) is 1. The van der Waals surface area contributed by atoms with Gasteiger partial charge in [0, 0.05) is 5.92 Å². The van der Waals surface area contributed by atoms with Gasteiger partial charge in [-0.25, -0.2) is 0 Å². The molecule has 2 N–H and O–H groups in total. The second-order valence-electron chi connectivity index (χ2n) is 4.29. The summed E-state index contributed by atoms with van der Waals surface area (Å²) in [6.45, 7) is 0.498. The van der Waals surface area contributed by atoms with E-state index in [9.17, 15) is 18.0 Å². The first-order valence-electron chi connectivity index (χ1n) is 5.53. The quantitative estimate of drug-likeness (QED) is 0.882. The van der Waals surface area contributed by atoms with Crippen molar-refractivity contribution in [2.45, 2.75) is 24.6 Å². The van der Waals surface area contributed by atoms with Crippen molar-refractivity contribution in [3.63, 3.8) is 0 Å². The fourth-order valence-corrected chi connectivity index (χ4v) is 2.27. The van der Waals surface area contributed by atoms with Gasteiger partial charge < -0.3 is 10.4 Å². The Hall–Kier alpha value is -1.27. The number of alkyl halides is 3. The van der Waals surface area contributed by atoms with Gasteiger partial charge in [-0.05, 0) is 24.6 Å². The molecule has 0 aliphatic carbocycles. The van der Waals surface area contributed by atoms with Crippen LogP contribution in [0, 0.1) is 0 Å². The van der Waals surface area contributed by atoms with Crippen LogP contribution in [0.15, 0.2) is 24.3 Å². The maximum Gasteiger partial charge on any atom is 0.416 e. The maximum absolute atomic E-state index is 12.6. The summed E-state index contributed by atoms with van der Waals surface area (Å²) < 4.78 is 37.7. The van der Waals surface area contributed by atoms with Crippen molar-refractivity contribution < 1.29 is 23.1 Å². The van der Waals surface area contributed by atoms with E-state index in [0.717, 1.165) is 12.1 Å². The van der Waals surface area contributed by atoms with Crippen molar-refractivity contribution in [2.75, 3.05) is 6.54 Å². The van der Waals surface area contributed by atoms with Gasteiger partial charge >= 0.3 is 12.1 Å². The second kappa shape index (κ2) is 5.79. The predicted octanol–water partition coefficient (Wildman–Crippen LogP) is 2.66. The number of nitrogens with one attached hydrogen (secondary N) is 1. The molecule has 0 unspecified atom stereocenters. The fourth-order valence-electron chi connectivity index (χ4n) is 2.27. The lowest BCUT2D eigenvalue weighted by atomic mass is 9.91. The number of benzene rings is 1. The van der Waals surface area contributed by atoms with Gasteiger partial charge in [0.25, 0.3) is 0 Å². The molecule has 1 aromatic rings. The SMILES string of the molecule is Cl.O=C(O)[C@H]1NCC[C@@H]1c1cccc(C(F)(F)F)c1. The molecule has 1 aromatic carbocycles. The largest absolute Gasteiger partial charge is 0.480 e. The highest BCUT2D eigenvalue weighted by molar-refractivity contribution is 5.85. The van der Waals surface area contributed by atoms with Gasteiger partial charge in [0.2, 0.25) is 0 Å². The molecule has 1 heterocycles. The zero-order chi connectivity index (χ0) is 13.3. The van der Waals surface area contributed by atoms with Gasteiger partial charge in [-0.1, -0.05) is 18.2 Å². The van der Waals surface area contributed by atoms with Gasteiger partial charge in [-0.2, -0.15) is 13.2 Å². The minimum atomic E-state index is -4.40. The first-order valence-corrected chi connectivity index (χ1v) is 5.53. The predicted molar refractivity (Wildman–Crippen MR) is 65.5 cm³/mol. The summed E-state index contributed by atoms with van der Waals surface area (Å²) >= 11 is 0. The summed E-state index contributed by atoms with van der Waals surface area (Å²) in [5.74, 6) is -1.44. The number of aliphatic carboxylic acids is 1. The molecule has 2 rings (SSSR count).